The molecular formula is C24H20N2O. The molecule has 3 aromatic carbocycles. The topological polar surface area (TPSA) is 41.8 Å². The highest BCUT2D eigenvalue weighted by molar-refractivity contribution is 6.51. The van der Waals surface area contributed by atoms with E-state index in [0.29, 0.717) is 11.3 Å². The summed E-state index contributed by atoms with van der Waals surface area (Å²) in [6, 6.07) is 28.5. The van der Waals surface area contributed by atoms with Crippen LogP contribution in [0.25, 0.3) is 6.08 Å². The van der Waals surface area contributed by atoms with Crippen molar-refractivity contribution < 1.29 is 4.79 Å². The molecule has 0 amide bonds. The molecule has 3 aromatic rings. The molecular weight excluding hydrogens is 332 g/mol. The molecule has 0 unspecified atom stereocenters. The molecule has 132 valence electrons. The SMILES string of the molecule is CC(/C=N\N=C(/C(=O)c1ccccc1)c1ccccc1)=C\c1ccccc1. The Labute approximate surface area is 159 Å². The van der Waals surface area contributed by atoms with Crippen LogP contribution >= 0.6 is 0 Å². The summed E-state index contributed by atoms with van der Waals surface area (Å²) in [5.41, 5.74) is 3.70. The normalized spacial score (nSPS) is 12.3. The Morgan fingerprint density at radius 3 is 1.85 bits per heavy atom. The predicted octanol–water partition coefficient (Wildman–Crippen LogP) is 5.45. The molecule has 0 radical (unpaired) electrons. The van der Waals surface area contributed by atoms with Gasteiger partial charge in [-0.3, -0.25) is 4.79 Å². The molecule has 0 saturated carbocycles. The first-order valence-corrected chi connectivity index (χ1v) is 8.73. The van der Waals surface area contributed by atoms with E-state index in [1.54, 1.807) is 18.3 Å². The Hall–Kier alpha value is -3.59. The largest absolute Gasteiger partial charge is 0.287 e. The van der Waals surface area contributed by atoms with Crippen molar-refractivity contribution in [2.75, 3.05) is 0 Å². The van der Waals surface area contributed by atoms with Gasteiger partial charge in [0.1, 0.15) is 5.71 Å². The van der Waals surface area contributed by atoms with Gasteiger partial charge in [0.15, 0.2) is 0 Å². The molecule has 0 N–H and O–H groups in total. The van der Waals surface area contributed by atoms with Gasteiger partial charge < -0.3 is 0 Å². The minimum absolute atomic E-state index is 0.149. The van der Waals surface area contributed by atoms with Crippen LogP contribution in [0.4, 0.5) is 0 Å². The maximum absolute atomic E-state index is 12.9. The summed E-state index contributed by atoms with van der Waals surface area (Å²) >= 11 is 0. The highest BCUT2D eigenvalue weighted by Gasteiger charge is 2.15. The molecule has 3 heteroatoms. The molecule has 0 saturated heterocycles. The van der Waals surface area contributed by atoms with Crippen LogP contribution in [0.15, 0.2) is 107 Å². The predicted molar refractivity (Wildman–Crippen MR) is 112 cm³/mol. The summed E-state index contributed by atoms with van der Waals surface area (Å²) in [6.07, 6.45) is 3.68. The van der Waals surface area contributed by atoms with Gasteiger partial charge in [0, 0.05) is 11.1 Å². The number of allylic oxidation sites excluding steroid dienone is 1. The van der Waals surface area contributed by atoms with Gasteiger partial charge in [-0.25, -0.2) is 0 Å². The fourth-order valence-corrected chi connectivity index (χ4v) is 2.58. The molecule has 0 aliphatic heterocycles. The summed E-state index contributed by atoms with van der Waals surface area (Å²) in [6.45, 7) is 1.95. The van der Waals surface area contributed by atoms with Gasteiger partial charge in [-0.15, -0.1) is 5.10 Å². The molecule has 0 heterocycles. The van der Waals surface area contributed by atoms with Crippen molar-refractivity contribution in [3.8, 4) is 0 Å². The first kappa shape index (κ1) is 18.2. The second-order valence-corrected chi connectivity index (χ2v) is 6.05. The van der Waals surface area contributed by atoms with Gasteiger partial charge in [-0.05, 0) is 18.1 Å². The zero-order chi connectivity index (χ0) is 18.9. The van der Waals surface area contributed by atoms with Gasteiger partial charge in [-0.2, -0.15) is 5.10 Å². The molecule has 0 aliphatic rings. The van der Waals surface area contributed by atoms with E-state index < -0.39 is 0 Å². The average molecular weight is 352 g/mol. The molecule has 3 nitrogen and oxygen atoms in total. The van der Waals surface area contributed by atoms with Gasteiger partial charge in [0.25, 0.3) is 0 Å². The van der Waals surface area contributed by atoms with Crippen molar-refractivity contribution in [1.29, 1.82) is 0 Å². The van der Waals surface area contributed by atoms with Gasteiger partial charge in [0.2, 0.25) is 5.78 Å². The molecule has 27 heavy (non-hydrogen) atoms. The second-order valence-electron chi connectivity index (χ2n) is 6.05. The number of ketones is 1. The zero-order valence-electron chi connectivity index (χ0n) is 15.1. The summed E-state index contributed by atoms with van der Waals surface area (Å²) < 4.78 is 0. The quantitative estimate of drug-likeness (QED) is 0.330. The lowest BCUT2D eigenvalue weighted by molar-refractivity contribution is 0.106. The Morgan fingerprint density at radius 2 is 1.26 bits per heavy atom. The lowest BCUT2D eigenvalue weighted by atomic mass is 10.0. The van der Waals surface area contributed by atoms with Crippen LogP contribution in [-0.4, -0.2) is 17.7 Å². The van der Waals surface area contributed by atoms with Crippen molar-refractivity contribution in [1.82, 2.24) is 0 Å². The monoisotopic (exact) mass is 352 g/mol. The number of nitrogens with zero attached hydrogens (tertiary/aromatic N) is 2. The third kappa shape index (κ3) is 5.19. The Morgan fingerprint density at radius 1 is 0.741 bits per heavy atom. The third-order valence-electron chi connectivity index (χ3n) is 3.91. The average Bonchev–Trinajstić information content (AvgIpc) is 2.73. The highest BCUT2D eigenvalue weighted by atomic mass is 16.1. The summed E-state index contributed by atoms with van der Waals surface area (Å²) in [5.74, 6) is -0.149. The number of hydrogen-bond acceptors (Lipinski definition) is 3. The van der Waals surface area contributed by atoms with Crippen molar-refractivity contribution in [2.45, 2.75) is 6.92 Å². The summed E-state index contributed by atoms with van der Waals surface area (Å²) in [5, 5.41) is 8.41. The first-order valence-electron chi connectivity index (χ1n) is 8.73. The standard InChI is InChI=1S/C24H20N2O/c1-19(17-20-11-5-2-6-12-20)18-25-26-23(21-13-7-3-8-14-21)24(27)22-15-9-4-10-16-22/h2-18H,1H3/b19-17+,25-18-,26-23-. The Kier molecular flexibility index (Phi) is 6.21. The maximum Gasteiger partial charge on any atom is 0.213 e. The number of rotatable bonds is 6. The second kappa shape index (κ2) is 9.20. The molecule has 0 atom stereocenters. The van der Waals surface area contributed by atoms with Gasteiger partial charge in [-0.1, -0.05) is 97.1 Å². The van der Waals surface area contributed by atoms with E-state index in [1.807, 2.05) is 91.9 Å². The van der Waals surface area contributed by atoms with Crippen molar-refractivity contribution >= 4 is 23.8 Å². The highest BCUT2D eigenvalue weighted by Crippen LogP contribution is 2.10. The van der Waals surface area contributed by atoms with E-state index in [0.717, 1.165) is 16.7 Å². The van der Waals surface area contributed by atoms with Crippen molar-refractivity contribution in [2.24, 2.45) is 10.2 Å². The van der Waals surface area contributed by atoms with E-state index in [1.165, 1.54) is 0 Å². The summed E-state index contributed by atoms with van der Waals surface area (Å²) in [7, 11) is 0. The maximum atomic E-state index is 12.9. The van der Waals surface area contributed by atoms with Crippen LogP contribution in [-0.2, 0) is 0 Å². The number of carbonyl (C=O) groups excluding carboxylic acids is 1. The molecule has 0 aromatic heterocycles. The smallest absolute Gasteiger partial charge is 0.213 e. The van der Waals surface area contributed by atoms with Crippen LogP contribution in [0.2, 0.25) is 0 Å². The number of Topliss-reactive ketones (excluding diaryl/α,β-unsaturated/α-hetero) is 1. The van der Waals surface area contributed by atoms with Crippen LogP contribution < -0.4 is 0 Å². The lowest BCUT2D eigenvalue weighted by Crippen LogP contribution is -2.15. The molecule has 0 aliphatic carbocycles. The van der Waals surface area contributed by atoms with E-state index in [2.05, 4.69) is 10.2 Å². The molecule has 0 spiro atoms. The van der Waals surface area contributed by atoms with E-state index in [9.17, 15) is 4.79 Å². The third-order valence-corrected chi connectivity index (χ3v) is 3.91. The summed E-state index contributed by atoms with van der Waals surface area (Å²) in [4.78, 5) is 12.9. The first-order chi connectivity index (χ1) is 13.2. The molecule has 3 rings (SSSR count). The van der Waals surface area contributed by atoms with Crippen LogP contribution in [0.1, 0.15) is 28.4 Å². The minimum atomic E-state index is -0.149. The fraction of sp³-hybridized carbons (Fsp3) is 0.0417. The fourth-order valence-electron chi connectivity index (χ4n) is 2.58. The van der Waals surface area contributed by atoms with Crippen LogP contribution in [0.5, 0.6) is 0 Å². The lowest BCUT2D eigenvalue weighted by Gasteiger charge is -2.04. The zero-order valence-corrected chi connectivity index (χ0v) is 15.1. The minimum Gasteiger partial charge on any atom is -0.287 e. The Balaban J connectivity index is 1.89. The van der Waals surface area contributed by atoms with E-state index in [4.69, 9.17) is 0 Å². The van der Waals surface area contributed by atoms with Gasteiger partial charge in [0.05, 0.1) is 6.21 Å². The number of hydrogen-bond donors (Lipinski definition) is 0. The van der Waals surface area contributed by atoms with Crippen molar-refractivity contribution in [3.05, 3.63) is 113 Å². The number of carbonyl (C=O) groups is 1. The van der Waals surface area contributed by atoms with Crippen LogP contribution in [0.3, 0.4) is 0 Å². The van der Waals surface area contributed by atoms with E-state index in [-0.39, 0.29) is 5.78 Å². The van der Waals surface area contributed by atoms with Crippen molar-refractivity contribution in [3.63, 3.8) is 0 Å². The van der Waals surface area contributed by atoms with Crippen LogP contribution in [0, 0.1) is 0 Å². The van der Waals surface area contributed by atoms with E-state index >= 15 is 0 Å². The molecule has 0 fully saturated rings. The molecule has 0 bridgehead atoms. The van der Waals surface area contributed by atoms with Gasteiger partial charge >= 0.3 is 0 Å². The number of benzene rings is 3. The Bertz CT molecular complexity index is 973.